The third-order valence-electron chi connectivity index (χ3n) is 1.35. The number of nitrogens with zero attached hydrogens (tertiary/aromatic N) is 1. The van der Waals surface area contributed by atoms with E-state index in [9.17, 15) is 0 Å². The lowest BCUT2D eigenvalue weighted by molar-refractivity contribution is 0.337. The summed E-state index contributed by atoms with van der Waals surface area (Å²) < 4.78 is 0. The molecule has 0 atom stereocenters. The van der Waals surface area contributed by atoms with Gasteiger partial charge in [0, 0.05) is 12.1 Å². The number of rotatable bonds is 4. The van der Waals surface area contributed by atoms with E-state index in [1.54, 1.807) is 5.54 Å². The van der Waals surface area contributed by atoms with Gasteiger partial charge in [0.2, 0.25) is 0 Å². The quantitative estimate of drug-likeness (QED) is 0.589. The fourth-order valence-electron chi connectivity index (χ4n) is 0.671. The van der Waals surface area contributed by atoms with E-state index >= 15 is 0 Å². The van der Waals surface area contributed by atoms with Gasteiger partial charge in [0.1, 0.15) is 0 Å². The summed E-state index contributed by atoms with van der Waals surface area (Å²) in [5.41, 5.74) is 1.57. The third-order valence-corrected chi connectivity index (χ3v) is 1.53. The van der Waals surface area contributed by atoms with E-state index in [0.717, 1.165) is 19.6 Å². The van der Waals surface area contributed by atoms with Gasteiger partial charge in [0.05, 0.1) is 0 Å². The summed E-state index contributed by atoms with van der Waals surface area (Å²) in [7, 11) is 0. The maximum atomic E-state index is 5.35. The third kappa shape index (κ3) is 4.49. The maximum Gasteiger partial charge on any atom is 0.0174 e. The number of likely N-dealkylation sites (N-methyl/N-ethyl adjacent to an activating group) is 1. The molecule has 0 aliphatic carbocycles. The van der Waals surface area contributed by atoms with Crippen LogP contribution in [0.15, 0.2) is 11.6 Å². The molecule has 0 aromatic carbocycles. The highest BCUT2D eigenvalue weighted by molar-refractivity contribution is 6.25. The molecule has 2 heteroatoms. The Morgan fingerprint density at radius 3 is 2.22 bits per heavy atom. The summed E-state index contributed by atoms with van der Waals surface area (Å²) in [4.78, 5) is 2.29. The van der Waals surface area contributed by atoms with Gasteiger partial charge in [-0.05, 0) is 13.1 Å². The zero-order chi connectivity index (χ0) is 7.11. The van der Waals surface area contributed by atoms with Crippen LogP contribution in [0, 0.1) is 0 Å². The molecule has 0 amide bonds. The minimum atomic E-state index is 0.969. The van der Waals surface area contributed by atoms with Gasteiger partial charge in [-0.2, -0.15) is 0 Å². The van der Waals surface area contributed by atoms with Crippen molar-refractivity contribution in [1.82, 2.24) is 4.90 Å². The molecule has 0 unspecified atom stereocenters. The Bertz CT molecular complexity index is 77.0. The van der Waals surface area contributed by atoms with E-state index in [-0.39, 0.29) is 0 Å². The van der Waals surface area contributed by atoms with Crippen LogP contribution in [0.3, 0.4) is 0 Å². The standard InChI is InChI=1S/C7H14ClN/c1-3-9(4-2)7-5-6-8/h5-6H,3-4,7H2,1-2H3. The summed E-state index contributed by atoms with van der Waals surface area (Å²) in [5.74, 6) is 0. The second kappa shape index (κ2) is 6.12. The molecule has 0 fully saturated rings. The van der Waals surface area contributed by atoms with E-state index in [1.807, 2.05) is 6.08 Å². The molecule has 0 aliphatic heterocycles. The fraction of sp³-hybridized carbons (Fsp3) is 0.714. The molecule has 1 nitrogen and oxygen atoms in total. The molecular formula is C7H14ClN. The van der Waals surface area contributed by atoms with Crippen molar-refractivity contribution >= 4 is 11.6 Å². The van der Waals surface area contributed by atoms with E-state index in [4.69, 9.17) is 11.6 Å². The first-order valence-electron chi connectivity index (χ1n) is 3.32. The van der Waals surface area contributed by atoms with E-state index in [2.05, 4.69) is 18.7 Å². The Labute approximate surface area is 62.3 Å². The van der Waals surface area contributed by atoms with Crippen LogP contribution in [0.1, 0.15) is 13.8 Å². The first-order chi connectivity index (χ1) is 4.35. The van der Waals surface area contributed by atoms with Crippen molar-refractivity contribution < 1.29 is 0 Å². The molecule has 0 N–H and O–H groups in total. The van der Waals surface area contributed by atoms with Gasteiger partial charge in [0.25, 0.3) is 0 Å². The van der Waals surface area contributed by atoms with Crippen molar-refractivity contribution in [1.29, 1.82) is 0 Å². The molecule has 0 bridgehead atoms. The smallest absolute Gasteiger partial charge is 0.0174 e. The molecule has 0 aromatic rings. The van der Waals surface area contributed by atoms with Gasteiger partial charge in [-0.3, -0.25) is 0 Å². The lowest BCUT2D eigenvalue weighted by Gasteiger charge is -2.14. The molecule has 0 saturated heterocycles. The van der Waals surface area contributed by atoms with Crippen LogP contribution < -0.4 is 0 Å². The predicted molar refractivity (Wildman–Crippen MR) is 42.8 cm³/mol. The molecule has 0 heterocycles. The minimum Gasteiger partial charge on any atom is -0.300 e. The number of hydrogen-bond acceptors (Lipinski definition) is 1. The second-order valence-corrected chi connectivity index (χ2v) is 2.10. The van der Waals surface area contributed by atoms with Crippen molar-refractivity contribution in [2.75, 3.05) is 19.6 Å². The SMILES string of the molecule is CCN(CC)CC=CCl. The van der Waals surface area contributed by atoms with Gasteiger partial charge in [0.15, 0.2) is 0 Å². The first kappa shape index (κ1) is 8.99. The van der Waals surface area contributed by atoms with Crippen molar-refractivity contribution in [3.05, 3.63) is 11.6 Å². The number of hydrogen-bond donors (Lipinski definition) is 0. The van der Waals surface area contributed by atoms with Crippen LogP contribution in [-0.2, 0) is 0 Å². The summed E-state index contributed by atoms with van der Waals surface area (Å²) in [6.45, 7) is 7.45. The molecule has 0 rings (SSSR count). The van der Waals surface area contributed by atoms with Crippen LogP contribution in [0.4, 0.5) is 0 Å². The van der Waals surface area contributed by atoms with Crippen LogP contribution in [0.25, 0.3) is 0 Å². The first-order valence-corrected chi connectivity index (χ1v) is 3.76. The Morgan fingerprint density at radius 2 is 1.89 bits per heavy atom. The van der Waals surface area contributed by atoms with Crippen molar-refractivity contribution in [3.8, 4) is 0 Å². The molecule has 54 valence electrons. The van der Waals surface area contributed by atoms with Crippen molar-refractivity contribution in [3.63, 3.8) is 0 Å². The maximum absolute atomic E-state index is 5.35. The van der Waals surface area contributed by atoms with Crippen LogP contribution in [-0.4, -0.2) is 24.5 Å². The molecule has 9 heavy (non-hydrogen) atoms. The van der Waals surface area contributed by atoms with Crippen molar-refractivity contribution in [2.24, 2.45) is 0 Å². The van der Waals surface area contributed by atoms with Gasteiger partial charge >= 0.3 is 0 Å². The summed E-state index contributed by atoms with van der Waals surface area (Å²) >= 11 is 5.35. The van der Waals surface area contributed by atoms with Gasteiger partial charge < -0.3 is 4.90 Å². The molecular weight excluding hydrogens is 134 g/mol. The van der Waals surface area contributed by atoms with Crippen molar-refractivity contribution in [2.45, 2.75) is 13.8 Å². The fourth-order valence-corrected chi connectivity index (χ4v) is 0.750. The molecule has 0 saturated carbocycles. The topological polar surface area (TPSA) is 3.24 Å². The largest absolute Gasteiger partial charge is 0.300 e. The Morgan fingerprint density at radius 1 is 1.33 bits per heavy atom. The summed E-state index contributed by atoms with van der Waals surface area (Å²) in [6.07, 6.45) is 1.95. The van der Waals surface area contributed by atoms with Crippen LogP contribution in [0.2, 0.25) is 0 Å². The average Bonchev–Trinajstić information content (AvgIpc) is 1.91. The van der Waals surface area contributed by atoms with Crippen LogP contribution >= 0.6 is 11.6 Å². The Kier molecular flexibility index (Phi) is 6.11. The monoisotopic (exact) mass is 147 g/mol. The van der Waals surface area contributed by atoms with E-state index in [1.165, 1.54) is 0 Å². The lowest BCUT2D eigenvalue weighted by atomic mass is 10.5. The second-order valence-electron chi connectivity index (χ2n) is 1.85. The van der Waals surface area contributed by atoms with Gasteiger partial charge in [-0.15, -0.1) is 0 Å². The van der Waals surface area contributed by atoms with E-state index < -0.39 is 0 Å². The van der Waals surface area contributed by atoms with Gasteiger partial charge in [-0.1, -0.05) is 31.5 Å². The normalized spacial score (nSPS) is 11.6. The highest BCUT2D eigenvalue weighted by Gasteiger charge is 1.91. The number of halogens is 1. The summed E-state index contributed by atoms with van der Waals surface area (Å²) in [6, 6.07) is 0. The Balaban J connectivity index is 3.31. The molecule has 0 radical (unpaired) electrons. The summed E-state index contributed by atoms with van der Waals surface area (Å²) in [5, 5.41) is 0. The molecule has 0 aliphatic rings. The molecule has 0 spiro atoms. The zero-order valence-electron chi connectivity index (χ0n) is 6.10. The lowest BCUT2D eigenvalue weighted by Crippen LogP contribution is -2.22. The minimum absolute atomic E-state index is 0.969. The average molecular weight is 148 g/mol. The predicted octanol–water partition coefficient (Wildman–Crippen LogP) is 2.08. The van der Waals surface area contributed by atoms with Gasteiger partial charge in [-0.25, -0.2) is 0 Å². The molecule has 0 aromatic heterocycles. The van der Waals surface area contributed by atoms with Crippen LogP contribution in [0.5, 0.6) is 0 Å². The zero-order valence-corrected chi connectivity index (χ0v) is 6.86. The highest BCUT2D eigenvalue weighted by atomic mass is 35.5. The Hall–Kier alpha value is -0.0100. The highest BCUT2D eigenvalue weighted by Crippen LogP contribution is 1.87. The van der Waals surface area contributed by atoms with E-state index in [0.29, 0.717) is 0 Å².